The van der Waals surface area contributed by atoms with Gasteiger partial charge in [-0.3, -0.25) is 13.9 Å². The first-order valence-electron chi connectivity index (χ1n) is 13.8. The molecule has 8 nitrogen and oxygen atoms in total. The predicted molar refractivity (Wildman–Crippen MR) is 163 cm³/mol. The van der Waals surface area contributed by atoms with Crippen molar-refractivity contribution in [3.63, 3.8) is 0 Å². The summed E-state index contributed by atoms with van der Waals surface area (Å²) >= 11 is 0. The Labute approximate surface area is 244 Å². The van der Waals surface area contributed by atoms with Crippen LogP contribution in [0.2, 0.25) is 0 Å². The number of nitrogens with one attached hydrogen (secondary N) is 1. The molecule has 0 aliphatic heterocycles. The smallest absolute Gasteiger partial charge is 0.264 e. The van der Waals surface area contributed by atoms with E-state index in [1.54, 1.807) is 55.6 Å². The monoisotopic (exact) mass is 579 g/mol. The van der Waals surface area contributed by atoms with Gasteiger partial charge in [-0.2, -0.15) is 0 Å². The highest BCUT2D eigenvalue weighted by atomic mass is 32.2. The van der Waals surface area contributed by atoms with E-state index in [0.29, 0.717) is 17.9 Å². The van der Waals surface area contributed by atoms with Gasteiger partial charge in [0.05, 0.1) is 17.7 Å². The van der Waals surface area contributed by atoms with Gasteiger partial charge in [0.15, 0.2) is 0 Å². The third-order valence-electron chi connectivity index (χ3n) is 6.71. The summed E-state index contributed by atoms with van der Waals surface area (Å²) < 4.78 is 34.5. The van der Waals surface area contributed by atoms with Crippen molar-refractivity contribution >= 4 is 27.5 Å². The molecule has 0 unspecified atom stereocenters. The quantitative estimate of drug-likeness (QED) is 0.320. The zero-order chi connectivity index (χ0) is 30.3. The molecule has 3 aromatic rings. The molecule has 9 heteroatoms. The second kappa shape index (κ2) is 13.7. The SMILES string of the molecule is CC[C@@H](C(=O)NC(C)C)N(Cc1ccc(OC)cc1)C(=O)CN(c1cc(C)cc(C)c1)S(=O)(=O)c1ccc(C)cc1. The van der Waals surface area contributed by atoms with Crippen LogP contribution in [0.25, 0.3) is 0 Å². The van der Waals surface area contributed by atoms with Crippen molar-refractivity contribution < 1.29 is 22.7 Å². The minimum atomic E-state index is -4.12. The third kappa shape index (κ3) is 8.10. The molecule has 0 spiro atoms. The number of carbonyl (C=O) groups is 2. The molecule has 0 fully saturated rings. The van der Waals surface area contributed by atoms with Crippen molar-refractivity contribution in [1.82, 2.24) is 10.2 Å². The van der Waals surface area contributed by atoms with Crippen LogP contribution < -0.4 is 14.4 Å². The lowest BCUT2D eigenvalue weighted by Gasteiger charge is -2.33. The molecule has 0 aromatic heterocycles. The molecular formula is C32H41N3O5S. The first-order valence-corrected chi connectivity index (χ1v) is 15.2. The van der Waals surface area contributed by atoms with Gasteiger partial charge >= 0.3 is 0 Å². The number of rotatable bonds is 12. The molecule has 0 saturated heterocycles. The normalized spacial score (nSPS) is 12.1. The third-order valence-corrected chi connectivity index (χ3v) is 8.50. The number of carbonyl (C=O) groups excluding carboxylic acids is 2. The van der Waals surface area contributed by atoms with Gasteiger partial charge in [-0.15, -0.1) is 0 Å². The van der Waals surface area contributed by atoms with E-state index in [0.717, 1.165) is 26.6 Å². The topological polar surface area (TPSA) is 96.0 Å². The summed E-state index contributed by atoms with van der Waals surface area (Å²) in [5.41, 5.74) is 3.84. The lowest BCUT2D eigenvalue weighted by molar-refractivity contribution is -0.140. The number of nitrogens with zero attached hydrogens (tertiary/aromatic N) is 2. The molecule has 1 atom stereocenters. The van der Waals surface area contributed by atoms with Crippen molar-refractivity contribution in [2.75, 3.05) is 18.0 Å². The van der Waals surface area contributed by atoms with E-state index in [1.165, 1.54) is 4.90 Å². The van der Waals surface area contributed by atoms with Crippen LogP contribution in [0.4, 0.5) is 5.69 Å². The lowest BCUT2D eigenvalue weighted by Crippen LogP contribution is -2.53. The van der Waals surface area contributed by atoms with Gasteiger partial charge in [0.25, 0.3) is 10.0 Å². The van der Waals surface area contributed by atoms with Crippen LogP contribution in [0, 0.1) is 20.8 Å². The van der Waals surface area contributed by atoms with Crippen LogP contribution in [0.5, 0.6) is 5.75 Å². The minimum Gasteiger partial charge on any atom is -0.497 e. The molecule has 0 aliphatic rings. The molecule has 3 rings (SSSR count). The molecule has 0 heterocycles. The van der Waals surface area contributed by atoms with Crippen LogP contribution >= 0.6 is 0 Å². The second-order valence-corrected chi connectivity index (χ2v) is 12.5. The Morgan fingerprint density at radius 2 is 1.46 bits per heavy atom. The maximum absolute atomic E-state index is 14.2. The molecule has 0 saturated carbocycles. The van der Waals surface area contributed by atoms with Gasteiger partial charge in [0.1, 0.15) is 18.3 Å². The highest BCUT2D eigenvalue weighted by Gasteiger charge is 2.34. The maximum Gasteiger partial charge on any atom is 0.264 e. The van der Waals surface area contributed by atoms with Gasteiger partial charge in [0, 0.05) is 12.6 Å². The summed E-state index contributed by atoms with van der Waals surface area (Å²) in [5, 5.41) is 2.91. The van der Waals surface area contributed by atoms with Crippen molar-refractivity contribution in [1.29, 1.82) is 0 Å². The Bertz CT molecular complexity index is 1430. The summed E-state index contributed by atoms with van der Waals surface area (Å²) in [6.07, 6.45) is 0.356. The highest BCUT2D eigenvalue weighted by Crippen LogP contribution is 2.27. The maximum atomic E-state index is 14.2. The standard InChI is InChI=1S/C32H41N3O5S/c1-8-30(32(37)33-22(2)3)34(20-26-11-13-28(40-7)14-12-26)31(36)21-35(27-18-24(5)17-25(6)19-27)41(38,39)29-15-9-23(4)10-16-29/h9-19,22,30H,8,20-21H2,1-7H3,(H,33,37)/t30-/m0/s1. The fourth-order valence-corrected chi connectivity index (χ4v) is 6.09. The highest BCUT2D eigenvalue weighted by molar-refractivity contribution is 7.92. The number of benzene rings is 3. The van der Waals surface area contributed by atoms with E-state index >= 15 is 0 Å². The zero-order valence-electron chi connectivity index (χ0n) is 25.0. The summed E-state index contributed by atoms with van der Waals surface area (Å²) in [6.45, 7) is 10.9. The van der Waals surface area contributed by atoms with E-state index in [1.807, 2.05) is 59.7 Å². The fourth-order valence-electron chi connectivity index (χ4n) is 4.69. The van der Waals surface area contributed by atoms with Gasteiger partial charge in [0.2, 0.25) is 11.8 Å². The largest absolute Gasteiger partial charge is 0.497 e. The zero-order valence-corrected chi connectivity index (χ0v) is 25.8. The molecule has 0 bridgehead atoms. The first-order chi connectivity index (χ1) is 19.3. The van der Waals surface area contributed by atoms with Crippen LogP contribution in [0.3, 0.4) is 0 Å². The summed E-state index contributed by atoms with van der Waals surface area (Å²) in [6, 6.07) is 18.3. The van der Waals surface area contributed by atoms with Crippen molar-refractivity contribution in [2.24, 2.45) is 0 Å². The molecule has 41 heavy (non-hydrogen) atoms. The van der Waals surface area contributed by atoms with Crippen molar-refractivity contribution in [3.05, 3.63) is 89.0 Å². The van der Waals surface area contributed by atoms with Gasteiger partial charge < -0.3 is 15.0 Å². The summed E-state index contributed by atoms with van der Waals surface area (Å²) in [7, 11) is -2.54. The average Bonchev–Trinajstić information content (AvgIpc) is 2.91. The van der Waals surface area contributed by atoms with Gasteiger partial charge in [-0.25, -0.2) is 8.42 Å². The van der Waals surface area contributed by atoms with Crippen LogP contribution in [-0.4, -0.2) is 50.9 Å². The Hall–Kier alpha value is -3.85. The number of ether oxygens (including phenoxy) is 1. The Morgan fingerprint density at radius 3 is 1.98 bits per heavy atom. The van der Waals surface area contributed by atoms with Crippen molar-refractivity contribution in [3.8, 4) is 5.75 Å². The average molecular weight is 580 g/mol. The number of methoxy groups -OCH3 is 1. The van der Waals surface area contributed by atoms with E-state index in [2.05, 4.69) is 5.32 Å². The molecule has 2 amide bonds. The predicted octanol–water partition coefficient (Wildman–Crippen LogP) is 5.15. The first kappa shape index (κ1) is 31.7. The second-order valence-electron chi connectivity index (χ2n) is 10.6. The number of amides is 2. The summed E-state index contributed by atoms with van der Waals surface area (Å²) in [4.78, 5) is 29.0. The van der Waals surface area contributed by atoms with E-state index in [-0.39, 0.29) is 23.4 Å². The minimum absolute atomic E-state index is 0.0846. The Morgan fingerprint density at radius 1 is 0.878 bits per heavy atom. The van der Waals surface area contributed by atoms with E-state index < -0.39 is 28.5 Å². The van der Waals surface area contributed by atoms with Crippen LogP contribution in [0.15, 0.2) is 71.6 Å². The van der Waals surface area contributed by atoms with Crippen LogP contribution in [0.1, 0.15) is 49.4 Å². The van der Waals surface area contributed by atoms with E-state index in [9.17, 15) is 18.0 Å². The number of aryl methyl sites for hydroxylation is 3. The molecule has 1 N–H and O–H groups in total. The van der Waals surface area contributed by atoms with Gasteiger partial charge in [-0.1, -0.05) is 42.8 Å². The number of anilines is 1. The Balaban J connectivity index is 2.09. The van der Waals surface area contributed by atoms with Gasteiger partial charge in [-0.05, 0) is 94.1 Å². The molecule has 220 valence electrons. The molecule has 0 aliphatic carbocycles. The fraction of sp³-hybridized carbons (Fsp3) is 0.375. The lowest BCUT2D eigenvalue weighted by atomic mass is 10.1. The summed E-state index contributed by atoms with van der Waals surface area (Å²) in [5.74, 6) is -0.105. The Kier molecular flexibility index (Phi) is 10.6. The number of hydrogen-bond acceptors (Lipinski definition) is 5. The van der Waals surface area contributed by atoms with Crippen LogP contribution in [-0.2, 0) is 26.2 Å². The molecule has 3 aromatic carbocycles. The number of hydrogen-bond donors (Lipinski definition) is 1. The van der Waals surface area contributed by atoms with E-state index in [4.69, 9.17) is 4.74 Å². The molecule has 0 radical (unpaired) electrons. The molecular weight excluding hydrogens is 538 g/mol. The number of sulfonamides is 1. The van der Waals surface area contributed by atoms with Crippen molar-refractivity contribution in [2.45, 2.75) is 71.5 Å².